The molecule has 5 heterocycles. The number of nitrogens with zero attached hydrogens (tertiary/aromatic N) is 6. The first-order valence-corrected chi connectivity index (χ1v) is 10.0. The fourth-order valence-corrected chi connectivity index (χ4v) is 4.37. The quantitative estimate of drug-likeness (QED) is 0.504. The van der Waals surface area contributed by atoms with Gasteiger partial charge in [0, 0.05) is 19.3 Å². The van der Waals surface area contributed by atoms with Gasteiger partial charge in [-0.2, -0.15) is 0 Å². The standard InChI is InChI=1S/C21H20N6O3/c28-21(15-4-3-7-25-13-23-24-20(15)25)26-8-18-19(9-26)30-11-14(10-29-18)27-12-22-16-5-1-2-6-17(16)27/h1-7,12-14,18-19H,8-11H2/t18-,19-/m0/s1. The maximum Gasteiger partial charge on any atom is 0.257 e. The van der Waals surface area contributed by atoms with Gasteiger partial charge < -0.3 is 18.9 Å². The van der Waals surface area contributed by atoms with Gasteiger partial charge in [-0.1, -0.05) is 12.1 Å². The number of benzene rings is 1. The van der Waals surface area contributed by atoms with Gasteiger partial charge in [-0.05, 0) is 24.3 Å². The van der Waals surface area contributed by atoms with Crippen molar-refractivity contribution in [2.24, 2.45) is 0 Å². The normalized spacial score (nSPS) is 22.5. The van der Waals surface area contributed by atoms with Gasteiger partial charge in [-0.25, -0.2) is 4.98 Å². The molecule has 9 heteroatoms. The molecule has 0 bridgehead atoms. The number of rotatable bonds is 2. The molecule has 3 aromatic heterocycles. The minimum atomic E-state index is -0.147. The maximum atomic E-state index is 13.1. The molecule has 0 saturated carbocycles. The first-order valence-electron chi connectivity index (χ1n) is 10.0. The lowest BCUT2D eigenvalue weighted by molar-refractivity contribution is -0.00461. The molecular formula is C21H20N6O3. The summed E-state index contributed by atoms with van der Waals surface area (Å²) in [5, 5.41) is 7.97. The first kappa shape index (κ1) is 17.5. The van der Waals surface area contributed by atoms with Crippen molar-refractivity contribution in [2.45, 2.75) is 18.2 Å². The Morgan fingerprint density at radius 2 is 1.80 bits per heavy atom. The number of ether oxygens (including phenoxy) is 2. The third kappa shape index (κ3) is 2.78. The van der Waals surface area contributed by atoms with E-state index in [9.17, 15) is 4.79 Å². The van der Waals surface area contributed by atoms with E-state index in [0.717, 1.165) is 11.0 Å². The number of imidazole rings is 1. The number of hydrogen-bond acceptors (Lipinski definition) is 6. The molecule has 6 rings (SSSR count). The van der Waals surface area contributed by atoms with Crippen LogP contribution in [0, 0.1) is 0 Å². The Labute approximate surface area is 171 Å². The molecule has 0 N–H and O–H groups in total. The monoisotopic (exact) mass is 404 g/mol. The lowest BCUT2D eigenvalue weighted by atomic mass is 10.2. The summed E-state index contributed by atoms with van der Waals surface area (Å²) < 4.78 is 16.3. The maximum absolute atomic E-state index is 13.1. The summed E-state index contributed by atoms with van der Waals surface area (Å²) in [5.74, 6) is -0.0778. The fraction of sp³-hybridized carbons (Fsp3) is 0.333. The molecular weight excluding hydrogens is 384 g/mol. The number of carbonyl (C=O) groups is 1. The van der Waals surface area contributed by atoms with Crippen LogP contribution in [-0.2, 0) is 9.47 Å². The van der Waals surface area contributed by atoms with Crippen molar-refractivity contribution in [3.05, 3.63) is 60.8 Å². The molecule has 0 spiro atoms. The lowest BCUT2D eigenvalue weighted by Gasteiger charge is -2.20. The van der Waals surface area contributed by atoms with Crippen molar-refractivity contribution in [3.63, 3.8) is 0 Å². The molecule has 2 fully saturated rings. The van der Waals surface area contributed by atoms with E-state index in [1.807, 2.05) is 36.8 Å². The summed E-state index contributed by atoms with van der Waals surface area (Å²) in [7, 11) is 0. The van der Waals surface area contributed by atoms with Crippen LogP contribution < -0.4 is 0 Å². The Morgan fingerprint density at radius 1 is 1.00 bits per heavy atom. The minimum Gasteiger partial charge on any atom is -0.371 e. The molecule has 2 saturated heterocycles. The Kier molecular flexibility index (Phi) is 4.03. The topological polar surface area (TPSA) is 86.8 Å². The number of para-hydroxylation sites is 2. The van der Waals surface area contributed by atoms with Crippen LogP contribution in [0.2, 0.25) is 0 Å². The first-order chi connectivity index (χ1) is 14.8. The van der Waals surface area contributed by atoms with E-state index in [1.54, 1.807) is 21.7 Å². The Bertz CT molecular complexity index is 1220. The van der Waals surface area contributed by atoms with Gasteiger partial charge >= 0.3 is 0 Å². The molecule has 1 aromatic carbocycles. The zero-order valence-electron chi connectivity index (χ0n) is 16.2. The fourth-order valence-electron chi connectivity index (χ4n) is 4.37. The smallest absolute Gasteiger partial charge is 0.257 e. The van der Waals surface area contributed by atoms with Crippen molar-refractivity contribution >= 4 is 22.6 Å². The Morgan fingerprint density at radius 3 is 2.63 bits per heavy atom. The Hall–Kier alpha value is -3.30. The third-order valence-corrected chi connectivity index (χ3v) is 5.94. The summed E-state index contributed by atoms with van der Waals surface area (Å²) >= 11 is 0. The molecule has 0 unspecified atom stereocenters. The van der Waals surface area contributed by atoms with Crippen LogP contribution in [0.1, 0.15) is 16.4 Å². The second-order valence-electron chi connectivity index (χ2n) is 7.73. The van der Waals surface area contributed by atoms with Gasteiger partial charge in [0.25, 0.3) is 5.91 Å². The molecule has 2 atom stereocenters. The second-order valence-corrected chi connectivity index (χ2v) is 7.73. The Balaban J connectivity index is 1.19. The lowest BCUT2D eigenvalue weighted by Crippen LogP contribution is -2.31. The highest BCUT2D eigenvalue weighted by Gasteiger charge is 2.40. The number of amides is 1. The minimum absolute atomic E-state index is 0.0527. The number of pyridine rings is 1. The van der Waals surface area contributed by atoms with E-state index < -0.39 is 0 Å². The average Bonchev–Trinajstić information content (AvgIpc) is 3.49. The van der Waals surface area contributed by atoms with Gasteiger partial charge in [-0.3, -0.25) is 9.20 Å². The largest absolute Gasteiger partial charge is 0.371 e. The molecule has 0 aliphatic carbocycles. The molecule has 9 nitrogen and oxygen atoms in total. The van der Waals surface area contributed by atoms with Crippen molar-refractivity contribution in [3.8, 4) is 0 Å². The summed E-state index contributed by atoms with van der Waals surface area (Å²) in [6.45, 7) is 2.03. The summed E-state index contributed by atoms with van der Waals surface area (Å²) in [4.78, 5) is 19.4. The highest BCUT2D eigenvalue weighted by atomic mass is 16.6. The molecule has 30 heavy (non-hydrogen) atoms. The van der Waals surface area contributed by atoms with Crippen molar-refractivity contribution in [1.29, 1.82) is 0 Å². The van der Waals surface area contributed by atoms with Gasteiger partial charge in [0.15, 0.2) is 5.65 Å². The summed E-state index contributed by atoms with van der Waals surface area (Å²) in [6, 6.07) is 11.7. The highest BCUT2D eigenvalue weighted by molar-refractivity contribution is 5.99. The molecule has 1 amide bonds. The molecule has 2 aliphatic heterocycles. The van der Waals surface area contributed by atoms with Gasteiger partial charge in [0.05, 0.1) is 42.2 Å². The molecule has 2 aliphatic rings. The van der Waals surface area contributed by atoms with Crippen LogP contribution in [0.15, 0.2) is 55.2 Å². The van der Waals surface area contributed by atoms with Crippen LogP contribution in [0.25, 0.3) is 16.7 Å². The van der Waals surface area contributed by atoms with Crippen LogP contribution in [0.4, 0.5) is 0 Å². The van der Waals surface area contributed by atoms with E-state index in [2.05, 4.69) is 25.8 Å². The SMILES string of the molecule is O=C(c1cccn2cnnc12)N1C[C@@H]2OCC(n3cnc4ccccc43)CO[C@H]2C1. The third-order valence-electron chi connectivity index (χ3n) is 5.94. The summed E-state index contributed by atoms with van der Waals surface area (Å²) in [5.41, 5.74) is 3.12. The van der Waals surface area contributed by atoms with Crippen LogP contribution >= 0.6 is 0 Å². The van der Waals surface area contributed by atoms with E-state index in [0.29, 0.717) is 37.5 Å². The van der Waals surface area contributed by atoms with Crippen molar-refractivity contribution < 1.29 is 14.3 Å². The zero-order valence-corrected chi connectivity index (χ0v) is 16.2. The van der Waals surface area contributed by atoms with Crippen molar-refractivity contribution in [2.75, 3.05) is 26.3 Å². The molecule has 4 aromatic rings. The second kappa shape index (κ2) is 6.89. The van der Waals surface area contributed by atoms with E-state index in [-0.39, 0.29) is 24.2 Å². The summed E-state index contributed by atoms with van der Waals surface area (Å²) in [6.07, 6.45) is 4.97. The number of carbonyl (C=O) groups excluding carboxylic acids is 1. The predicted octanol–water partition coefficient (Wildman–Crippen LogP) is 1.56. The molecule has 152 valence electrons. The number of hydrogen-bond donors (Lipinski definition) is 0. The van der Waals surface area contributed by atoms with Gasteiger partial charge in [0.2, 0.25) is 0 Å². The van der Waals surface area contributed by atoms with E-state index in [4.69, 9.17) is 9.47 Å². The van der Waals surface area contributed by atoms with Crippen LogP contribution in [0.5, 0.6) is 0 Å². The average molecular weight is 404 g/mol. The van der Waals surface area contributed by atoms with Crippen molar-refractivity contribution in [1.82, 2.24) is 29.0 Å². The highest BCUT2D eigenvalue weighted by Crippen LogP contribution is 2.27. The van der Waals surface area contributed by atoms with Gasteiger partial charge in [0.1, 0.15) is 18.5 Å². The number of fused-ring (bicyclic) bond motifs is 3. The molecule has 0 radical (unpaired) electrons. The number of likely N-dealkylation sites (tertiary alicyclic amines) is 1. The van der Waals surface area contributed by atoms with Gasteiger partial charge in [-0.15, -0.1) is 10.2 Å². The number of aromatic nitrogens is 5. The van der Waals surface area contributed by atoms with Crippen LogP contribution in [0.3, 0.4) is 0 Å². The zero-order chi connectivity index (χ0) is 20.1. The van der Waals surface area contributed by atoms with E-state index >= 15 is 0 Å². The predicted molar refractivity (Wildman–Crippen MR) is 107 cm³/mol. The van der Waals surface area contributed by atoms with E-state index in [1.165, 1.54) is 0 Å². The van der Waals surface area contributed by atoms with Crippen LogP contribution in [-0.4, -0.2) is 73.5 Å².